The molecule has 2 aromatic carbocycles. The lowest BCUT2D eigenvalue weighted by atomic mass is 9.81. The average molecular weight is 549 g/mol. The molecule has 1 fully saturated rings. The van der Waals surface area contributed by atoms with Gasteiger partial charge in [0.15, 0.2) is 5.16 Å². The molecule has 3 aromatic rings. The highest BCUT2D eigenvalue weighted by Gasteiger charge is 2.31. The summed E-state index contributed by atoms with van der Waals surface area (Å²) in [6.07, 6.45) is 4.17. The van der Waals surface area contributed by atoms with Crippen molar-refractivity contribution in [3.63, 3.8) is 0 Å². The minimum atomic E-state index is -0.428. The highest BCUT2D eigenvalue weighted by Crippen LogP contribution is 2.38. The van der Waals surface area contributed by atoms with E-state index in [0.29, 0.717) is 16.0 Å². The summed E-state index contributed by atoms with van der Waals surface area (Å²) in [5.74, 6) is 1.95. The Labute approximate surface area is 224 Å². The minimum Gasteiger partial charge on any atom is -0.340 e. The molecule has 0 spiro atoms. The van der Waals surface area contributed by atoms with Gasteiger partial charge in [-0.05, 0) is 60.7 Å². The highest BCUT2D eigenvalue weighted by atomic mass is 35.5. The second-order valence-electron chi connectivity index (χ2n) is 9.55. The van der Waals surface area contributed by atoms with Crippen LogP contribution in [0.4, 0.5) is 4.39 Å². The van der Waals surface area contributed by atoms with Crippen LogP contribution in [-0.2, 0) is 5.41 Å². The predicted octanol–water partition coefficient (Wildman–Crippen LogP) is 5.33. The molecule has 0 radical (unpaired) electrons. The van der Waals surface area contributed by atoms with E-state index in [9.17, 15) is 4.39 Å². The summed E-state index contributed by atoms with van der Waals surface area (Å²) in [6.45, 7) is 6.16. The first-order valence-electron chi connectivity index (χ1n) is 11.8. The quantitative estimate of drug-likeness (QED) is 0.362. The molecule has 0 amide bonds. The van der Waals surface area contributed by atoms with E-state index in [4.69, 9.17) is 28.2 Å². The van der Waals surface area contributed by atoms with E-state index in [1.54, 1.807) is 23.9 Å². The summed E-state index contributed by atoms with van der Waals surface area (Å²) in [5.41, 5.74) is 11.0. The van der Waals surface area contributed by atoms with Gasteiger partial charge in [0, 0.05) is 29.9 Å². The highest BCUT2D eigenvalue weighted by molar-refractivity contribution is 7.99. The number of nitrogens with one attached hydrogen (secondary N) is 3. The van der Waals surface area contributed by atoms with Crippen LogP contribution < -0.4 is 16.5 Å². The Morgan fingerprint density at radius 3 is 2.67 bits per heavy atom. The second kappa shape index (κ2) is 10.5. The number of hydrazine groups is 2. The van der Waals surface area contributed by atoms with E-state index in [1.807, 2.05) is 24.4 Å². The van der Waals surface area contributed by atoms with Crippen molar-refractivity contribution in [3.8, 4) is 5.69 Å². The number of rotatable bonds is 6. The topological polar surface area (TPSA) is 69.5 Å². The van der Waals surface area contributed by atoms with Crippen molar-refractivity contribution in [2.45, 2.75) is 37.3 Å². The second-order valence-corrected chi connectivity index (χ2v) is 11.4. The van der Waals surface area contributed by atoms with Crippen molar-refractivity contribution < 1.29 is 4.39 Å². The molecule has 1 atom stereocenters. The van der Waals surface area contributed by atoms with Gasteiger partial charge in [-0.3, -0.25) is 9.99 Å². The number of imidazole rings is 1. The number of hydrazone groups is 1. The van der Waals surface area contributed by atoms with Crippen LogP contribution in [0.5, 0.6) is 0 Å². The molecule has 11 heteroatoms. The maximum Gasteiger partial charge on any atom is 0.233 e. The first kappa shape index (κ1) is 25.2. The smallest absolute Gasteiger partial charge is 0.233 e. The van der Waals surface area contributed by atoms with Gasteiger partial charge in [0.1, 0.15) is 5.82 Å². The lowest BCUT2D eigenvalue weighted by molar-refractivity contribution is 0.270. The van der Waals surface area contributed by atoms with E-state index in [2.05, 4.69) is 44.9 Å². The maximum absolute atomic E-state index is 13.8. The zero-order valence-corrected chi connectivity index (χ0v) is 22.4. The van der Waals surface area contributed by atoms with Gasteiger partial charge in [0.2, 0.25) is 5.96 Å². The molecule has 5 rings (SSSR count). The van der Waals surface area contributed by atoms with Crippen LogP contribution in [0.1, 0.15) is 37.9 Å². The Morgan fingerprint density at radius 1 is 1.14 bits per heavy atom. The predicted molar refractivity (Wildman–Crippen MR) is 144 cm³/mol. The lowest BCUT2D eigenvalue weighted by Crippen LogP contribution is -2.48. The number of aromatic nitrogens is 2. The molecule has 2 aliphatic heterocycles. The molecule has 1 saturated heterocycles. The van der Waals surface area contributed by atoms with Gasteiger partial charge >= 0.3 is 0 Å². The first-order valence-corrected chi connectivity index (χ1v) is 13.6. The van der Waals surface area contributed by atoms with Crippen LogP contribution in [0.3, 0.4) is 0 Å². The Morgan fingerprint density at radius 2 is 1.94 bits per heavy atom. The van der Waals surface area contributed by atoms with Crippen LogP contribution in [0.2, 0.25) is 10.0 Å². The zero-order chi connectivity index (χ0) is 25.3. The molecule has 3 heterocycles. The van der Waals surface area contributed by atoms with Crippen LogP contribution in [0, 0.1) is 11.7 Å². The van der Waals surface area contributed by atoms with Gasteiger partial charge in [-0.25, -0.2) is 14.9 Å². The average Bonchev–Trinajstić information content (AvgIpc) is 3.56. The van der Waals surface area contributed by atoms with Gasteiger partial charge in [0.25, 0.3) is 0 Å². The largest absolute Gasteiger partial charge is 0.340 e. The summed E-state index contributed by atoms with van der Waals surface area (Å²) in [7, 11) is 0. The summed E-state index contributed by atoms with van der Waals surface area (Å²) >= 11 is 14.3. The fraction of sp³-hybridized carbons (Fsp3) is 0.360. The fourth-order valence-corrected chi connectivity index (χ4v) is 6.09. The first-order chi connectivity index (χ1) is 17.3. The third-order valence-corrected chi connectivity index (χ3v) is 8.68. The van der Waals surface area contributed by atoms with Crippen LogP contribution in [-0.4, -0.2) is 39.3 Å². The van der Waals surface area contributed by atoms with Gasteiger partial charge in [-0.1, -0.05) is 54.9 Å². The van der Waals surface area contributed by atoms with Crippen molar-refractivity contribution in [1.29, 1.82) is 0 Å². The van der Waals surface area contributed by atoms with Gasteiger partial charge in [-0.2, -0.15) is 0 Å². The van der Waals surface area contributed by atoms with E-state index < -0.39 is 5.41 Å². The van der Waals surface area contributed by atoms with Crippen molar-refractivity contribution in [2.75, 3.05) is 18.8 Å². The maximum atomic E-state index is 13.8. The van der Waals surface area contributed by atoms with Crippen LogP contribution in [0.25, 0.3) is 5.69 Å². The SMILES string of the molecule is CC(C)(c1ccc(Cl)c(Cl)c1)c1cnc(SCC2CCCN(C3=NNNN3)C2)n1-c1ccc(F)cc1. The number of hydrogen-bond acceptors (Lipinski definition) is 7. The lowest BCUT2D eigenvalue weighted by Gasteiger charge is -2.33. The molecule has 0 saturated carbocycles. The molecule has 3 N–H and O–H groups in total. The van der Waals surface area contributed by atoms with E-state index >= 15 is 0 Å². The number of thioether (sulfide) groups is 1. The van der Waals surface area contributed by atoms with Gasteiger partial charge < -0.3 is 4.90 Å². The zero-order valence-electron chi connectivity index (χ0n) is 20.1. The number of piperidine rings is 1. The Balaban J connectivity index is 1.43. The Bertz CT molecular complexity index is 1260. The van der Waals surface area contributed by atoms with E-state index in [0.717, 1.165) is 59.7 Å². The summed E-state index contributed by atoms with van der Waals surface area (Å²) in [4.78, 5) is 7.09. The fourth-order valence-electron chi connectivity index (χ4n) is 4.68. The molecular formula is C25H28Cl2FN7S. The van der Waals surface area contributed by atoms with Crippen molar-refractivity contribution in [3.05, 3.63) is 75.8 Å². The summed E-state index contributed by atoms with van der Waals surface area (Å²) < 4.78 is 15.9. The minimum absolute atomic E-state index is 0.270. The van der Waals surface area contributed by atoms with E-state index in [1.165, 1.54) is 12.1 Å². The molecule has 2 aliphatic rings. The number of hydrogen-bond donors (Lipinski definition) is 3. The van der Waals surface area contributed by atoms with Gasteiger partial charge in [0.05, 0.1) is 21.9 Å². The number of guanidine groups is 1. The third-order valence-electron chi connectivity index (χ3n) is 6.75. The van der Waals surface area contributed by atoms with Crippen molar-refractivity contribution in [1.82, 2.24) is 30.9 Å². The number of nitrogens with zero attached hydrogens (tertiary/aromatic N) is 4. The van der Waals surface area contributed by atoms with Gasteiger partial charge in [-0.15, -0.1) is 10.6 Å². The summed E-state index contributed by atoms with van der Waals surface area (Å²) in [6, 6.07) is 12.3. The molecule has 1 aromatic heterocycles. The molecular weight excluding hydrogens is 520 g/mol. The van der Waals surface area contributed by atoms with Crippen LogP contribution in [0.15, 0.2) is 58.9 Å². The molecule has 1 unspecified atom stereocenters. The number of benzene rings is 2. The van der Waals surface area contributed by atoms with Crippen molar-refractivity contribution in [2.24, 2.45) is 11.0 Å². The van der Waals surface area contributed by atoms with Crippen LogP contribution >= 0.6 is 35.0 Å². The molecule has 7 nitrogen and oxygen atoms in total. The van der Waals surface area contributed by atoms with Crippen molar-refractivity contribution >= 4 is 40.9 Å². The monoisotopic (exact) mass is 547 g/mol. The Hall–Kier alpha value is -2.46. The van der Waals surface area contributed by atoms with E-state index in [-0.39, 0.29) is 5.82 Å². The standard InChI is InChI=1S/C25H28Cl2FN7S/c1-25(2,17-5-10-20(26)21(27)12-17)22-13-29-24(35(22)19-8-6-18(28)7-9-19)36-15-16-4-3-11-34(14-16)23-30-32-33-31-23/h5-10,12-13,16,32-33H,3-4,11,14-15H2,1-2H3,(H,30,31). The molecule has 36 heavy (non-hydrogen) atoms. The summed E-state index contributed by atoms with van der Waals surface area (Å²) in [5, 5.41) is 6.15. The molecule has 0 aliphatic carbocycles. The number of halogens is 3. The molecule has 190 valence electrons. The number of likely N-dealkylation sites (tertiary alicyclic amines) is 1. The normalized spacial score (nSPS) is 18.1. The Kier molecular flexibility index (Phi) is 7.35. The molecule has 0 bridgehead atoms. The third kappa shape index (κ3) is 5.16.